The van der Waals surface area contributed by atoms with Crippen LogP contribution in [-0.4, -0.2) is 59.8 Å². The van der Waals surface area contributed by atoms with Gasteiger partial charge in [0.1, 0.15) is 5.82 Å². The molecular weight excluding hydrogens is 499 g/mol. The number of hydrogen-bond acceptors (Lipinski definition) is 9. The van der Waals surface area contributed by atoms with E-state index in [-0.39, 0.29) is 27.7 Å². The molecule has 1 fully saturated rings. The molecule has 31 heavy (non-hydrogen) atoms. The molecule has 1 atom stereocenters. The molecule has 1 aromatic carbocycles. The minimum absolute atomic E-state index is 0.00520. The Balaban J connectivity index is 1.66. The maximum absolute atomic E-state index is 13.4. The van der Waals surface area contributed by atoms with E-state index >= 15 is 0 Å². The molecular formula is C17H22BrFN6O5S. The summed E-state index contributed by atoms with van der Waals surface area (Å²) in [7, 11) is -3.76. The number of hydroxylamine groups is 1. The number of nitrogens with one attached hydrogen (secondary N) is 2. The molecule has 0 radical (unpaired) electrons. The lowest BCUT2D eigenvalue weighted by Gasteiger charge is -2.17. The van der Waals surface area contributed by atoms with Crippen molar-refractivity contribution in [2.75, 3.05) is 25.0 Å². The molecule has 0 amide bonds. The zero-order valence-electron chi connectivity index (χ0n) is 16.7. The fourth-order valence-electron chi connectivity index (χ4n) is 2.99. The van der Waals surface area contributed by atoms with Crippen molar-refractivity contribution in [3.8, 4) is 0 Å². The predicted octanol–water partition coefficient (Wildman–Crippen LogP) is 2.43. The summed E-state index contributed by atoms with van der Waals surface area (Å²) in [5.74, 6) is -0.301. The number of anilines is 1. The Morgan fingerprint density at radius 2 is 2.26 bits per heavy atom. The van der Waals surface area contributed by atoms with E-state index in [1.54, 1.807) is 13.8 Å². The van der Waals surface area contributed by atoms with Crippen LogP contribution in [0.15, 0.2) is 32.3 Å². The van der Waals surface area contributed by atoms with Gasteiger partial charge in [-0.25, -0.2) is 14.0 Å². The number of benzene rings is 1. The van der Waals surface area contributed by atoms with Gasteiger partial charge in [0.15, 0.2) is 11.5 Å². The standard InChI is InChI=1S/C17H22BrFN6O5S/c1-10(2)29-31(27,28)25-6-5-11(9-25)8-20-16-15(23-30-24-16)17(22-26)21-12-3-4-14(19)13(18)7-12/h3-4,7,10-11,26H,5-6,8-9H2,1-2H3,(H,20,24)(H,21,22)/t11-/m1/s1. The molecule has 2 aromatic rings. The van der Waals surface area contributed by atoms with Crippen molar-refractivity contribution in [2.24, 2.45) is 10.9 Å². The summed E-state index contributed by atoms with van der Waals surface area (Å²) < 4.78 is 49.1. The van der Waals surface area contributed by atoms with Crippen molar-refractivity contribution in [1.82, 2.24) is 20.1 Å². The smallest absolute Gasteiger partial charge is 0.338 e. The first-order chi connectivity index (χ1) is 14.7. The second-order valence-corrected chi connectivity index (χ2v) is 9.55. The molecule has 3 N–H and O–H groups in total. The highest BCUT2D eigenvalue weighted by Gasteiger charge is 2.33. The molecule has 2 heterocycles. The number of aliphatic imine (C=N–C) groups is 1. The van der Waals surface area contributed by atoms with Gasteiger partial charge >= 0.3 is 10.3 Å². The molecule has 0 aliphatic carbocycles. The van der Waals surface area contributed by atoms with Gasteiger partial charge in [-0.3, -0.25) is 14.9 Å². The monoisotopic (exact) mass is 520 g/mol. The Morgan fingerprint density at radius 1 is 1.48 bits per heavy atom. The Morgan fingerprint density at radius 3 is 2.94 bits per heavy atom. The number of aromatic nitrogens is 2. The second kappa shape index (κ2) is 9.99. The molecule has 0 saturated carbocycles. The van der Waals surface area contributed by atoms with Crippen molar-refractivity contribution >= 4 is 43.6 Å². The third-order valence-electron chi connectivity index (χ3n) is 4.40. The molecule has 0 bridgehead atoms. The lowest BCUT2D eigenvalue weighted by molar-refractivity contribution is 0.221. The van der Waals surface area contributed by atoms with Gasteiger partial charge < -0.3 is 5.32 Å². The van der Waals surface area contributed by atoms with Crippen LogP contribution < -0.4 is 10.8 Å². The van der Waals surface area contributed by atoms with Gasteiger partial charge in [-0.05, 0) is 70.6 Å². The Kier molecular flexibility index (Phi) is 7.59. The highest BCUT2D eigenvalue weighted by Crippen LogP contribution is 2.24. The first-order valence-corrected chi connectivity index (χ1v) is 11.5. The lowest BCUT2D eigenvalue weighted by Crippen LogP contribution is -2.33. The minimum Gasteiger partial charge on any atom is -0.365 e. The van der Waals surface area contributed by atoms with E-state index in [0.717, 1.165) is 0 Å². The maximum atomic E-state index is 13.4. The summed E-state index contributed by atoms with van der Waals surface area (Å²) in [6.45, 7) is 4.35. The van der Waals surface area contributed by atoms with Crippen LogP contribution in [-0.2, 0) is 14.5 Å². The molecule has 1 saturated heterocycles. The third-order valence-corrected chi connectivity index (χ3v) is 6.60. The van der Waals surface area contributed by atoms with Gasteiger partial charge in [-0.1, -0.05) is 0 Å². The fourth-order valence-corrected chi connectivity index (χ4v) is 4.68. The first kappa shape index (κ1) is 23.5. The van der Waals surface area contributed by atoms with E-state index in [1.807, 2.05) is 5.48 Å². The van der Waals surface area contributed by atoms with E-state index in [2.05, 4.69) is 36.6 Å². The van der Waals surface area contributed by atoms with Gasteiger partial charge in [-0.2, -0.15) is 12.7 Å². The topological polar surface area (TPSA) is 142 Å². The van der Waals surface area contributed by atoms with Gasteiger partial charge in [0.2, 0.25) is 5.82 Å². The lowest BCUT2D eigenvalue weighted by atomic mass is 10.1. The van der Waals surface area contributed by atoms with Crippen LogP contribution in [0.3, 0.4) is 0 Å². The summed E-state index contributed by atoms with van der Waals surface area (Å²) in [5, 5.41) is 20.0. The van der Waals surface area contributed by atoms with Crippen molar-refractivity contribution in [1.29, 1.82) is 0 Å². The second-order valence-electron chi connectivity index (χ2n) is 7.13. The fraction of sp³-hybridized carbons (Fsp3) is 0.471. The molecule has 1 aliphatic rings. The zero-order chi connectivity index (χ0) is 22.6. The molecule has 1 aromatic heterocycles. The van der Waals surface area contributed by atoms with Crippen LogP contribution in [0, 0.1) is 11.7 Å². The molecule has 3 rings (SSSR count). The van der Waals surface area contributed by atoms with E-state index in [9.17, 15) is 18.0 Å². The SMILES string of the molecule is CC(C)OS(=O)(=O)N1CC[C@H](CNc2nonc2C(=Nc2ccc(F)c(Br)c2)NO)C1. The van der Waals surface area contributed by atoms with Crippen LogP contribution in [0.4, 0.5) is 15.9 Å². The average Bonchev–Trinajstić information content (AvgIpc) is 3.36. The number of hydrogen-bond donors (Lipinski definition) is 3. The van der Waals surface area contributed by atoms with Crippen LogP contribution in [0.5, 0.6) is 0 Å². The molecule has 11 nitrogen and oxygen atoms in total. The first-order valence-electron chi connectivity index (χ1n) is 9.38. The number of rotatable bonds is 8. The molecule has 14 heteroatoms. The van der Waals surface area contributed by atoms with Crippen LogP contribution in [0.2, 0.25) is 0 Å². The normalized spacial score (nSPS) is 18.0. The van der Waals surface area contributed by atoms with Gasteiger partial charge in [0.05, 0.1) is 16.3 Å². The van der Waals surface area contributed by atoms with Crippen molar-refractivity contribution in [3.05, 3.63) is 34.2 Å². The van der Waals surface area contributed by atoms with Crippen molar-refractivity contribution in [2.45, 2.75) is 26.4 Å². The van der Waals surface area contributed by atoms with E-state index in [4.69, 9.17) is 8.81 Å². The number of nitrogens with zero attached hydrogens (tertiary/aromatic N) is 4. The average molecular weight is 521 g/mol. The van der Waals surface area contributed by atoms with E-state index in [0.29, 0.717) is 31.7 Å². The molecule has 0 unspecified atom stereocenters. The molecule has 1 aliphatic heterocycles. The predicted molar refractivity (Wildman–Crippen MR) is 113 cm³/mol. The third kappa shape index (κ3) is 5.98. The van der Waals surface area contributed by atoms with Gasteiger partial charge in [-0.15, -0.1) is 0 Å². The van der Waals surface area contributed by atoms with E-state index in [1.165, 1.54) is 22.5 Å². The largest absolute Gasteiger partial charge is 0.365 e. The Bertz CT molecular complexity index is 1050. The van der Waals surface area contributed by atoms with Gasteiger partial charge in [0.25, 0.3) is 0 Å². The summed E-state index contributed by atoms with van der Waals surface area (Å²) in [6, 6.07) is 4.08. The van der Waals surface area contributed by atoms with Crippen molar-refractivity contribution in [3.63, 3.8) is 0 Å². The highest BCUT2D eigenvalue weighted by molar-refractivity contribution is 9.10. The quantitative estimate of drug-likeness (QED) is 0.271. The summed E-state index contributed by atoms with van der Waals surface area (Å²) >= 11 is 3.07. The molecule has 170 valence electrons. The number of amidine groups is 1. The summed E-state index contributed by atoms with van der Waals surface area (Å²) in [4.78, 5) is 4.19. The Hall–Kier alpha value is -2.13. The van der Waals surface area contributed by atoms with Crippen molar-refractivity contribution < 1.29 is 26.8 Å². The van der Waals surface area contributed by atoms with Crippen LogP contribution in [0.25, 0.3) is 0 Å². The summed E-state index contributed by atoms with van der Waals surface area (Å²) in [5.41, 5.74) is 2.39. The number of halogens is 2. The molecule has 0 spiro atoms. The van der Waals surface area contributed by atoms with E-state index < -0.39 is 22.2 Å². The maximum Gasteiger partial charge on any atom is 0.338 e. The summed E-state index contributed by atoms with van der Waals surface area (Å²) in [6.07, 6.45) is 0.202. The zero-order valence-corrected chi connectivity index (χ0v) is 19.2. The Labute approximate surface area is 187 Å². The highest BCUT2D eigenvalue weighted by atomic mass is 79.9. The minimum atomic E-state index is -3.76. The van der Waals surface area contributed by atoms with Crippen LogP contribution >= 0.6 is 15.9 Å². The van der Waals surface area contributed by atoms with Gasteiger partial charge in [0, 0.05) is 19.6 Å². The van der Waals surface area contributed by atoms with Crippen LogP contribution in [0.1, 0.15) is 26.0 Å².